The Morgan fingerprint density at radius 1 is 1.00 bits per heavy atom. The van der Waals surface area contributed by atoms with E-state index in [1.165, 1.54) is 32.1 Å². The van der Waals surface area contributed by atoms with E-state index in [0.29, 0.717) is 6.40 Å². The molecule has 0 spiro atoms. The second-order valence-electron chi connectivity index (χ2n) is 4.39. The highest BCUT2D eigenvalue weighted by molar-refractivity contribution is 4.98. The third-order valence-electron chi connectivity index (χ3n) is 4.10. The number of hydrogen-bond acceptors (Lipinski definition) is 0. The third kappa shape index (κ3) is 0.538. The molecule has 0 aromatic heterocycles. The topological polar surface area (TPSA) is 0 Å². The van der Waals surface area contributed by atoms with Crippen molar-refractivity contribution in [2.45, 2.75) is 38.5 Å². The molecule has 0 aromatic carbocycles. The highest BCUT2D eigenvalue weighted by atomic mass is 14.5. The molecule has 0 nitrogen and oxygen atoms in total. The number of fused-ring (bicyclic) bond motifs is 5. The van der Waals surface area contributed by atoms with Crippen molar-refractivity contribution in [3.05, 3.63) is 0 Å². The van der Waals surface area contributed by atoms with Gasteiger partial charge in [-0.3, -0.25) is 0 Å². The number of hydrogen-bond donors (Lipinski definition) is 0. The lowest BCUT2D eigenvalue weighted by Crippen LogP contribution is -2.15. The summed E-state index contributed by atoms with van der Waals surface area (Å²) in [6, 6.07) is 0. The summed E-state index contributed by atoms with van der Waals surface area (Å²) < 4.78 is 7.87. The van der Waals surface area contributed by atoms with Gasteiger partial charge in [-0.05, 0) is 55.8 Å². The molecule has 3 aliphatic rings. The van der Waals surface area contributed by atoms with E-state index in [1.807, 2.05) is 0 Å². The van der Waals surface area contributed by atoms with Crippen molar-refractivity contribution in [2.24, 2.45) is 23.7 Å². The van der Waals surface area contributed by atoms with Crippen LogP contribution in [0.5, 0.6) is 0 Å². The van der Waals surface area contributed by atoms with Crippen LogP contribution in [0.4, 0.5) is 0 Å². The van der Waals surface area contributed by atoms with Gasteiger partial charge < -0.3 is 0 Å². The van der Waals surface area contributed by atoms with E-state index in [-0.39, 0.29) is 0 Å². The molecule has 3 saturated carbocycles. The molecular weight excluding hydrogens is 120 g/mol. The van der Waals surface area contributed by atoms with Gasteiger partial charge in [-0.15, -0.1) is 0 Å². The summed E-state index contributed by atoms with van der Waals surface area (Å²) in [5.74, 6) is 3.88. The normalized spacial score (nSPS) is 66.4. The summed E-state index contributed by atoms with van der Waals surface area (Å²) in [6.45, 7) is 0. The Labute approximate surface area is 64.4 Å². The molecule has 0 aliphatic heterocycles. The Bertz CT molecular complexity index is 178. The Hall–Kier alpha value is 0. The fourth-order valence-corrected chi connectivity index (χ4v) is 3.73. The summed E-state index contributed by atoms with van der Waals surface area (Å²) in [7, 11) is 0. The molecule has 0 radical (unpaired) electrons. The van der Waals surface area contributed by atoms with Crippen LogP contribution in [0, 0.1) is 23.7 Å². The van der Waals surface area contributed by atoms with Crippen LogP contribution in [-0.4, -0.2) is 0 Å². The molecule has 5 atom stereocenters. The molecule has 3 fully saturated rings. The van der Waals surface area contributed by atoms with Crippen LogP contribution in [-0.2, 0) is 0 Å². The summed E-state index contributed by atoms with van der Waals surface area (Å²) in [4.78, 5) is 0. The molecule has 0 saturated heterocycles. The van der Waals surface area contributed by atoms with Crippen molar-refractivity contribution in [3.63, 3.8) is 0 Å². The molecule has 0 heteroatoms. The first-order valence-corrected chi connectivity index (χ1v) is 4.78. The zero-order valence-electron chi connectivity index (χ0n) is 7.42. The van der Waals surface area contributed by atoms with Crippen molar-refractivity contribution in [2.75, 3.05) is 0 Å². The van der Waals surface area contributed by atoms with Crippen LogP contribution >= 0.6 is 0 Å². The van der Waals surface area contributed by atoms with Gasteiger partial charge in [-0.1, -0.05) is 6.42 Å². The molecular formula is C10H16. The highest BCUT2D eigenvalue weighted by Gasteiger charge is 2.48. The maximum atomic E-state index is 7.87. The van der Waals surface area contributed by atoms with Crippen LogP contribution < -0.4 is 0 Å². The van der Waals surface area contributed by atoms with E-state index in [4.69, 9.17) is 1.37 Å². The van der Waals surface area contributed by atoms with Gasteiger partial charge in [0.2, 0.25) is 0 Å². The molecule has 10 heavy (non-hydrogen) atoms. The SMILES string of the molecule is [2H]C1CC2CC1C1CCCC21. The first-order chi connectivity index (χ1) is 5.36. The first kappa shape index (κ1) is 4.79. The van der Waals surface area contributed by atoms with E-state index in [9.17, 15) is 0 Å². The molecule has 2 bridgehead atoms. The van der Waals surface area contributed by atoms with Crippen LogP contribution in [0.15, 0.2) is 0 Å². The molecule has 5 unspecified atom stereocenters. The molecule has 56 valence electrons. The summed E-state index contributed by atoms with van der Waals surface area (Å²) in [5, 5.41) is 0. The standard InChI is InChI=1S/C10H16/c1-2-9-7-4-5-8(6-7)10(9)3-1/h7-10H,1-6H2/i4D. The van der Waals surface area contributed by atoms with Gasteiger partial charge in [0.05, 0.1) is 0 Å². The van der Waals surface area contributed by atoms with Gasteiger partial charge in [0.25, 0.3) is 0 Å². The zero-order valence-corrected chi connectivity index (χ0v) is 6.42. The highest BCUT2D eigenvalue weighted by Crippen LogP contribution is 2.58. The lowest BCUT2D eigenvalue weighted by Gasteiger charge is -2.23. The lowest BCUT2D eigenvalue weighted by atomic mass is 9.82. The van der Waals surface area contributed by atoms with Gasteiger partial charge in [0, 0.05) is 1.37 Å². The monoisotopic (exact) mass is 137 g/mol. The van der Waals surface area contributed by atoms with E-state index in [0.717, 1.165) is 23.7 Å². The molecule has 0 amide bonds. The summed E-state index contributed by atoms with van der Waals surface area (Å²) in [6.07, 6.45) is 7.42. The minimum absolute atomic E-state index is 0.333. The molecule has 0 N–H and O–H groups in total. The first-order valence-electron chi connectivity index (χ1n) is 5.36. The maximum Gasteiger partial charge on any atom is 0.0270 e. The molecule has 3 rings (SSSR count). The van der Waals surface area contributed by atoms with Gasteiger partial charge in [-0.25, -0.2) is 0 Å². The Morgan fingerprint density at radius 2 is 1.80 bits per heavy atom. The van der Waals surface area contributed by atoms with Crippen LogP contribution in [0.1, 0.15) is 39.9 Å². The van der Waals surface area contributed by atoms with Crippen molar-refractivity contribution in [1.29, 1.82) is 0 Å². The fraction of sp³-hybridized carbons (Fsp3) is 1.00. The lowest BCUT2D eigenvalue weighted by molar-refractivity contribution is 0.259. The third-order valence-corrected chi connectivity index (χ3v) is 4.10. The molecule has 0 heterocycles. The largest absolute Gasteiger partial charge is 0.0527 e. The van der Waals surface area contributed by atoms with E-state index in [1.54, 1.807) is 0 Å². The van der Waals surface area contributed by atoms with E-state index < -0.39 is 0 Å². The predicted octanol–water partition coefficient (Wildman–Crippen LogP) is 2.83. The Balaban J connectivity index is 1.90. The minimum atomic E-state index is 0.333. The van der Waals surface area contributed by atoms with Gasteiger partial charge >= 0.3 is 0 Å². The molecule has 3 aliphatic carbocycles. The second-order valence-corrected chi connectivity index (χ2v) is 4.39. The van der Waals surface area contributed by atoms with Crippen molar-refractivity contribution < 1.29 is 1.37 Å². The van der Waals surface area contributed by atoms with Crippen molar-refractivity contribution in [3.8, 4) is 0 Å². The maximum absolute atomic E-state index is 7.87. The molecule has 0 aromatic rings. The predicted molar refractivity (Wildman–Crippen MR) is 41.7 cm³/mol. The van der Waals surface area contributed by atoms with E-state index >= 15 is 0 Å². The van der Waals surface area contributed by atoms with Gasteiger partial charge in [0.1, 0.15) is 0 Å². The van der Waals surface area contributed by atoms with Gasteiger partial charge in [0.15, 0.2) is 0 Å². The van der Waals surface area contributed by atoms with Gasteiger partial charge in [-0.2, -0.15) is 0 Å². The average Bonchev–Trinajstić information content (AvgIpc) is 2.52. The van der Waals surface area contributed by atoms with Crippen molar-refractivity contribution in [1.82, 2.24) is 0 Å². The zero-order chi connectivity index (χ0) is 7.42. The van der Waals surface area contributed by atoms with Crippen LogP contribution in [0.2, 0.25) is 0 Å². The quantitative estimate of drug-likeness (QED) is 0.481. The van der Waals surface area contributed by atoms with Crippen LogP contribution in [0.3, 0.4) is 0 Å². The second kappa shape index (κ2) is 1.78. The van der Waals surface area contributed by atoms with Crippen LogP contribution in [0.25, 0.3) is 0 Å². The van der Waals surface area contributed by atoms with Crippen molar-refractivity contribution >= 4 is 0 Å². The average molecular weight is 137 g/mol. The number of rotatable bonds is 0. The summed E-state index contributed by atoms with van der Waals surface area (Å²) in [5.41, 5.74) is 0. The summed E-state index contributed by atoms with van der Waals surface area (Å²) >= 11 is 0. The minimum Gasteiger partial charge on any atom is -0.0527 e. The van der Waals surface area contributed by atoms with E-state index in [2.05, 4.69) is 0 Å². The Morgan fingerprint density at radius 3 is 2.70 bits per heavy atom. The fourth-order valence-electron chi connectivity index (χ4n) is 3.73. The Kier molecular flexibility index (Phi) is 0.852. The smallest absolute Gasteiger partial charge is 0.0270 e.